The highest BCUT2D eigenvalue weighted by Crippen LogP contribution is 2.37. The molecule has 0 aliphatic carbocycles. The second-order valence-electron chi connectivity index (χ2n) is 7.26. The number of carbonyl (C=O) groups is 4. The molecule has 2 amide bonds. The summed E-state index contributed by atoms with van der Waals surface area (Å²) in [6, 6.07) is 9.58. The van der Waals surface area contributed by atoms with Gasteiger partial charge in [0.1, 0.15) is 5.52 Å². The van der Waals surface area contributed by atoms with Gasteiger partial charge >= 0.3 is 5.97 Å². The van der Waals surface area contributed by atoms with Crippen molar-refractivity contribution in [2.75, 3.05) is 19.6 Å². The van der Waals surface area contributed by atoms with Gasteiger partial charge in [-0.25, -0.2) is 4.79 Å². The zero-order chi connectivity index (χ0) is 21.0. The molecule has 9 nitrogen and oxygen atoms in total. The van der Waals surface area contributed by atoms with E-state index in [1.807, 2.05) is 6.07 Å². The number of H-pyrrole nitrogens is 1. The number of hydrogen-bond donors (Lipinski definition) is 2. The first-order valence-corrected chi connectivity index (χ1v) is 9.41. The van der Waals surface area contributed by atoms with E-state index in [0.717, 1.165) is 0 Å². The van der Waals surface area contributed by atoms with Crippen molar-refractivity contribution in [3.63, 3.8) is 0 Å². The molecular weight excluding hydrogens is 388 g/mol. The van der Waals surface area contributed by atoms with E-state index in [-0.39, 0.29) is 41.2 Å². The number of ketones is 1. The average Bonchev–Trinajstić information content (AvgIpc) is 3.17. The summed E-state index contributed by atoms with van der Waals surface area (Å²) in [6.07, 6.45) is 1.30. The van der Waals surface area contributed by atoms with Crippen LogP contribution >= 0.6 is 0 Å². The second-order valence-corrected chi connectivity index (χ2v) is 7.26. The van der Waals surface area contributed by atoms with Crippen molar-refractivity contribution in [3.05, 3.63) is 65.0 Å². The van der Waals surface area contributed by atoms with Crippen LogP contribution in [0.1, 0.15) is 42.8 Å². The van der Waals surface area contributed by atoms with Crippen molar-refractivity contribution in [3.8, 4) is 0 Å². The highest BCUT2D eigenvalue weighted by atomic mass is 16.4. The molecule has 2 aliphatic rings. The van der Waals surface area contributed by atoms with Crippen molar-refractivity contribution in [1.29, 1.82) is 0 Å². The van der Waals surface area contributed by atoms with Crippen LogP contribution in [0.4, 0.5) is 0 Å². The number of amides is 2. The van der Waals surface area contributed by atoms with Crippen LogP contribution in [-0.2, 0) is 4.79 Å². The summed E-state index contributed by atoms with van der Waals surface area (Å²) in [5.74, 6) is -2.71. The van der Waals surface area contributed by atoms with Crippen LogP contribution in [0.2, 0.25) is 0 Å². The number of pyridine rings is 1. The Labute approximate surface area is 169 Å². The monoisotopic (exact) mass is 404 g/mol. The van der Waals surface area contributed by atoms with Gasteiger partial charge in [-0.05, 0) is 18.2 Å². The van der Waals surface area contributed by atoms with E-state index in [2.05, 4.69) is 9.97 Å². The molecule has 3 aromatic rings. The molecular formula is C21H16N4O5. The summed E-state index contributed by atoms with van der Waals surface area (Å²) in [4.78, 5) is 60.3. The molecule has 2 N–H and O–H groups in total. The molecule has 150 valence electrons. The van der Waals surface area contributed by atoms with E-state index < -0.39 is 23.7 Å². The number of carboxylic acids is 1. The topological polar surface area (TPSA) is 124 Å². The summed E-state index contributed by atoms with van der Waals surface area (Å²) in [7, 11) is 0. The lowest BCUT2D eigenvalue weighted by Crippen LogP contribution is -2.56. The van der Waals surface area contributed by atoms with Gasteiger partial charge in [-0.2, -0.15) is 0 Å². The predicted molar refractivity (Wildman–Crippen MR) is 104 cm³/mol. The smallest absolute Gasteiger partial charge is 0.337 e. The van der Waals surface area contributed by atoms with Crippen molar-refractivity contribution < 1.29 is 24.3 Å². The van der Waals surface area contributed by atoms with Gasteiger partial charge < -0.3 is 19.9 Å². The van der Waals surface area contributed by atoms with E-state index in [1.165, 1.54) is 17.2 Å². The number of hydrogen-bond acceptors (Lipinski definition) is 5. The largest absolute Gasteiger partial charge is 0.478 e. The number of aromatic carboxylic acids is 1. The van der Waals surface area contributed by atoms with Crippen LogP contribution in [0.3, 0.4) is 0 Å². The molecule has 1 atom stereocenters. The molecule has 9 heteroatoms. The molecule has 30 heavy (non-hydrogen) atoms. The molecule has 0 saturated carbocycles. The molecule has 1 saturated heterocycles. The van der Waals surface area contributed by atoms with Gasteiger partial charge in [0.15, 0.2) is 0 Å². The summed E-state index contributed by atoms with van der Waals surface area (Å²) < 4.78 is 0. The first kappa shape index (κ1) is 18.0. The fourth-order valence-corrected chi connectivity index (χ4v) is 4.22. The lowest BCUT2D eigenvalue weighted by atomic mass is 9.94. The number of fused-ring (bicyclic) bond motifs is 5. The fraction of sp³-hybridized carbons (Fsp3) is 0.190. The average molecular weight is 404 g/mol. The molecule has 0 radical (unpaired) electrons. The van der Waals surface area contributed by atoms with Gasteiger partial charge in [-0.3, -0.25) is 19.4 Å². The number of carbonyl (C=O) groups excluding carboxylic acids is 3. The zero-order valence-corrected chi connectivity index (χ0v) is 15.7. The van der Waals surface area contributed by atoms with Gasteiger partial charge in [0.25, 0.3) is 17.6 Å². The zero-order valence-electron chi connectivity index (χ0n) is 15.7. The molecule has 0 bridgehead atoms. The van der Waals surface area contributed by atoms with Gasteiger partial charge in [0.2, 0.25) is 0 Å². The molecule has 5 rings (SSSR count). The predicted octanol–water partition coefficient (Wildman–Crippen LogP) is 1.48. The maximum absolute atomic E-state index is 12.9. The quantitative estimate of drug-likeness (QED) is 0.624. The molecule has 2 aromatic heterocycles. The Morgan fingerprint density at radius 3 is 2.60 bits per heavy atom. The molecule has 1 aromatic carbocycles. The lowest BCUT2D eigenvalue weighted by molar-refractivity contribution is -0.131. The van der Waals surface area contributed by atoms with Gasteiger partial charge in [-0.15, -0.1) is 0 Å². The van der Waals surface area contributed by atoms with Gasteiger partial charge in [0, 0.05) is 31.4 Å². The van der Waals surface area contributed by atoms with Crippen LogP contribution < -0.4 is 0 Å². The number of nitrogens with zero attached hydrogens (tertiary/aromatic N) is 3. The molecule has 2 aliphatic heterocycles. The number of Topliss-reactive ketones (excluding diaryl/α,β-unsaturated/α-hetero) is 1. The Kier molecular flexibility index (Phi) is 3.92. The van der Waals surface area contributed by atoms with Crippen LogP contribution in [0.15, 0.2) is 42.6 Å². The minimum Gasteiger partial charge on any atom is -0.478 e. The second kappa shape index (κ2) is 6.51. The van der Waals surface area contributed by atoms with Crippen LogP contribution in [-0.4, -0.2) is 68.1 Å². The van der Waals surface area contributed by atoms with Crippen molar-refractivity contribution in [2.45, 2.75) is 6.04 Å². The number of benzene rings is 1. The Hall–Kier alpha value is -4.01. The third kappa shape index (κ3) is 2.52. The van der Waals surface area contributed by atoms with Crippen LogP contribution in [0.25, 0.3) is 11.0 Å². The third-order valence-corrected chi connectivity index (χ3v) is 5.65. The number of piperazine rings is 1. The van der Waals surface area contributed by atoms with E-state index in [4.69, 9.17) is 0 Å². The van der Waals surface area contributed by atoms with Crippen molar-refractivity contribution in [2.24, 2.45) is 0 Å². The minimum absolute atomic E-state index is 0.0331. The lowest BCUT2D eigenvalue weighted by Gasteiger charge is -2.43. The standard InChI is InChI=1S/C21H16N4O5/c26-18-14-16(23-15-12(21(29)30)6-7-22-17(14)15)13-10-24(8-9-25(13)20(18)28)19(27)11-4-2-1-3-5-11/h1-7,13,23H,8-10H2,(H,29,30). The van der Waals surface area contributed by atoms with Crippen molar-refractivity contribution in [1.82, 2.24) is 19.8 Å². The number of aromatic nitrogens is 2. The van der Waals surface area contributed by atoms with Crippen LogP contribution in [0.5, 0.6) is 0 Å². The maximum Gasteiger partial charge on any atom is 0.337 e. The third-order valence-electron chi connectivity index (χ3n) is 5.65. The molecule has 1 fully saturated rings. The highest BCUT2D eigenvalue weighted by molar-refractivity contribution is 6.46. The van der Waals surface area contributed by atoms with E-state index in [0.29, 0.717) is 17.8 Å². The SMILES string of the molecule is O=C1C(=O)N2CCN(C(=O)c3ccccc3)CC2c2[nH]c3c(C(=O)O)ccnc3c21. The van der Waals surface area contributed by atoms with Crippen molar-refractivity contribution >= 4 is 34.6 Å². The number of carboxylic acid groups (broad SMARTS) is 1. The van der Waals surface area contributed by atoms with Crippen LogP contribution in [0, 0.1) is 0 Å². The Balaban J connectivity index is 1.60. The number of rotatable bonds is 2. The summed E-state index contributed by atoms with van der Waals surface area (Å²) >= 11 is 0. The molecule has 1 unspecified atom stereocenters. The Morgan fingerprint density at radius 1 is 1.10 bits per heavy atom. The van der Waals surface area contributed by atoms with Gasteiger partial charge in [0.05, 0.1) is 28.4 Å². The Morgan fingerprint density at radius 2 is 1.87 bits per heavy atom. The summed E-state index contributed by atoms with van der Waals surface area (Å²) in [5, 5.41) is 9.47. The van der Waals surface area contributed by atoms with E-state index in [9.17, 15) is 24.3 Å². The summed E-state index contributed by atoms with van der Waals surface area (Å²) in [6.45, 7) is 0.703. The van der Waals surface area contributed by atoms with E-state index >= 15 is 0 Å². The van der Waals surface area contributed by atoms with E-state index in [1.54, 1.807) is 29.2 Å². The first-order valence-electron chi connectivity index (χ1n) is 9.41. The minimum atomic E-state index is -1.17. The number of aromatic amines is 1. The Bertz CT molecular complexity index is 1230. The molecule has 0 spiro atoms. The summed E-state index contributed by atoms with van der Waals surface area (Å²) in [5.41, 5.74) is 1.37. The number of nitrogens with one attached hydrogen (secondary N) is 1. The first-order chi connectivity index (χ1) is 14.5. The molecule has 4 heterocycles. The van der Waals surface area contributed by atoms with Gasteiger partial charge in [-0.1, -0.05) is 18.2 Å². The highest BCUT2D eigenvalue weighted by Gasteiger charge is 2.45. The maximum atomic E-state index is 12.9. The normalized spacial score (nSPS) is 18.3. The fourth-order valence-electron chi connectivity index (χ4n) is 4.22.